The highest BCUT2D eigenvalue weighted by atomic mass is 14.7. The van der Waals surface area contributed by atoms with Gasteiger partial charge in [0.25, 0.3) is 0 Å². The Bertz CT molecular complexity index is 3130. The standard InChI is InChI=1S/C51H30N2/c1-2-9-36-29-46-42(27-35(36)8-1)43-28-38-22-21-37(26-39(38)30-47(43)51(46)44-13-5-3-11-40(44)41-12-4-6-14-45(41)51)31-15-17-32(18-16-31)48-24-23-34-20-19-33-10-7-25-52-49(33)50(34)53-48/h1-30H. The summed E-state index contributed by atoms with van der Waals surface area (Å²) in [6.07, 6.45) is 1.84. The van der Waals surface area contributed by atoms with E-state index in [2.05, 4.69) is 175 Å². The average molecular weight is 671 g/mol. The Morgan fingerprint density at radius 3 is 1.58 bits per heavy atom. The van der Waals surface area contributed by atoms with Crippen molar-refractivity contribution in [3.05, 3.63) is 204 Å². The molecule has 0 saturated heterocycles. The van der Waals surface area contributed by atoms with E-state index in [1.54, 1.807) is 0 Å². The molecule has 2 nitrogen and oxygen atoms in total. The second-order valence-electron chi connectivity index (χ2n) is 14.5. The molecule has 0 aliphatic heterocycles. The molecule has 0 fully saturated rings. The lowest BCUT2D eigenvalue weighted by Crippen LogP contribution is -2.25. The topological polar surface area (TPSA) is 25.8 Å². The van der Waals surface area contributed by atoms with Crippen LogP contribution in [0, 0.1) is 0 Å². The third-order valence-electron chi connectivity index (χ3n) is 11.9. The first kappa shape index (κ1) is 28.8. The minimum atomic E-state index is -0.387. The van der Waals surface area contributed by atoms with Crippen LogP contribution in [0.1, 0.15) is 22.3 Å². The van der Waals surface area contributed by atoms with Gasteiger partial charge in [0, 0.05) is 22.5 Å². The number of nitrogens with zero attached hydrogens (tertiary/aromatic N) is 2. The van der Waals surface area contributed by atoms with Gasteiger partial charge in [-0.15, -0.1) is 0 Å². The molecule has 12 rings (SSSR count). The van der Waals surface area contributed by atoms with Gasteiger partial charge in [0.1, 0.15) is 0 Å². The van der Waals surface area contributed by atoms with E-state index in [1.165, 1.54) is 77.2 Å². The van der Waals surface area contributed by atoms with Gasteiger partial charge in [-0.25, -0.2) is 4.98 Å². The molecule has 0 atom stereocenters. The van der Waals surface area contributed by atoms with Gasteiger partial charge in [0.2, 0.25) is 0 Å². The van der Waals surface area contributed by atoms with E-state index < -0.39 is 0 Å². The lowest BCUT2D eigenvalue weighted by molar-refractivity contribution is 0.796. The summed E-state index contributed by atoms with van der Waals surface area (Å²) in [6.45, 7) is 0. The Hall–Kier alpha value is -6.90. The van der Waals surface area contributed by atoms with E-state index in [9.17, 15) is 0 Å². The van der Waals surface area contributed by atoms with E-state index in [-0.39, 0.29) is 5.41 Å². The van der Waals surface area contributed by atoms with Crippen LogP contribution in [0.2, 0.25) is 0 Å². The van der Waals surface area contributed by atoms with Crippen LogP contribution in [0.3, 0.4) is 0 Å². The van der Waals surface area contributed by atoms with Crippen LogP contribution in [0.4, 0.5) is 0 Å². The summed E-state index contributed by atoms with van der Waals surface area (Å²) in [5.41, 5.74) is 16.7. The van der Waals surface area contributed by atoms with Crippen molar-refractivity contribution in [2.75, 3.05) is 0 Å². The van der Waals surface area contributed by atoms with Crippen LogP contribution < -0.4 is 0 Å². The molecule has 2 aromatic heterocycles. The quantitative estimate of drug-likeness (QED) is 0.171. The van der Waals surface area contributed by atoms with Gasteiger partial charge in [0.15, 0.2) is 0 Å². The molecule has 0 amide bonds. The summed E-state index contributed by atoms with van der Waals surface area (Å²) >= 11 is 0. The lowest BCUT2D eigenvalue weighted by atomic mass is 9.70. The Labute approximate surface area is 306 Å². The van der Waals surface area contributed by atoms with E-state index >= 15 is 0 Å². The van der Waals surface area contributed by atoms with E-state index in [0.717, 1.165) is 33.1 Å². The first-order valence-corrected chi connectivity index (χ1v) is 18.3. The van der Waals surface area contributed by atoms with Crippen LogP contribution in [0.15, 0.2) is 182 Å². The summed E-state index contributed by atoms with van der Waals surface area (Å²) in [6, 6.07) is 65.0. The highest BCUT2D eigenvalue weighted by molar-refractivity contribution is 6.05. The Morgan fingerprint density at radius 1 is 0.321 bits per heavy atom. The van der Waals surface area contributed by atoms with Crippen molar-refractivity contribution in [3.8, 4) is 44.6 Å². The Balaban J connectivity index is 1.02. The van der Waals surface area contributed by atoms with Gasteiger partial charge in [0.05, 0.1) is 22.1 Å². The molecule has 0 radical (unpaired) electrons. The molecule has 2 aliphatic carbocycles. The van der Waals surface area contributed by atoms with Gasteiger partial charge in [-0.05, 0) is 120 Å². The number of hydrogen-bond acceptors (Lipinski definition) is 2. The summed E-state index contributed by atoms with van der Waals surface area (Å²) in [5, 5.41) is 7.25. The van der Waals surface area contributed by atoms with Crippen LogP contribution in [0.25, 0.3) is 88.0 Å². The average Bonchev–Trinajstić information content (AvgIpc) is 3.68. The van der Waals surface area contributed by atoms with Crippen molar-refractivity contribution in [2.24, 2.45) is 0 Å². The first-order valence-electron chi connectivity index (χ1n) is 18.3. The summed E-state index contributed by atoms with van der Waals surface area (Å²) in [5.74, 6) is 0. The molecular weight excluding hydrogens is 641 g/mol. The smallest absolute Gasteiger partial charge is 0.0972 e. The maximum absolute atomic E-state index is 5.09. The number of aromatic nitrogens is 2. The van der Waals surface area contributed by atoms with Crippen LogP contribution >= 0.6 is 0 Å². The third kappa shape index (κ3) is 3.92. The van der Waals surface area contributed by atoms with E-state index in [0.29, 0.717) is 0 Å². The normalized spacial score (nSPS) is 13.4. The molecule has 1 spiro atoms. The van der Waals surface area contributed by atoms with Crippen molar-refractivity contribution in [2.45, 2.75) is 5.41 Å². The Kier molecular flexibility index (Phi) is 5.73. The van der Waals surface area contributed by atoms with Crippen molar-refractivity contribution in [1.29, 1.82) is 0 Å². The molecule has 0 unspecified atom stereocenters. The molecule has 2 aliphatic rings. The predicted molar refractivity (Wildman–Crippen MR) is 219 cm³/mol. The Morgan fingerprint density at radius 2 is 0.849 bits per heavy atom. The van der Waals surface area contributed by atoms with Crippen LogP contribution in [-0.2, 0) is 5.41 Å². The fourth-order valence-electron chi connectivity index (χ4n) is 9.46. The SMILES string of the molecule is c1ccc2c(c1)-c1ccccc1C21c2cc3ccccc3cc2-c2cc3ccc(-c4ccc(-c5ccc6ccc7cccnc7c6n5)cc4)cc3cc21. The van der Waals surface area contributed by atoms with Gasteiger partial charge < -0.3 is 0 Å². The van der Waals surface area contributed by atoms with Gasteiger partial charge >= 0.3 is 0 Å². The van der Waals surface area contributed by atoms with Gasteiger partial charge in [-0.1, -0.05) is 133 Å². The maximum Gasteiger partial charge on any atom is 0.0972 e. The van der Waals surface area contributed by atoms with E-state index in [4.69, 9.17) is 4.98 Å². The molecule has 53 heavy (non-hydrogen) atoms. The fourth-order valence-corrected chi connectivity index (χ4v) is 9.46. The molecule has 0 saturated carbocycles. The molecule has 10 aromatic rings. The summed E-state index contributed by atoms with van der Waals surface area (Å²) < 4.78 is 0. The molecule has 8 aromatic carbocycles. The van der Waals surface area contributed by atoms with Crippen LogP contribution in [0.5, 0.6) is 0 Å². The molecule has 0 N–H and O–H groups in total. The molecular formula is C51H30N2. The number of pyridine rings is 2. The van der Waals surface area contributed by atoms with Crippen molar-refractivity contribution >= 4 is 43.4 Å². The summed E-state index contributed by atoms with van der Waals surface area (Å²) in [4.78, 5) is 9.74. The van der Waals surface area contributed by atoms with Crippen molar-refractivity contribution < 1.29 is 0 Å². The van der Waals surface area contributed by atoms with Gasteiger partial charge in [-0.3, -0.25) is 4.98 Å². The lowest BCUT2D eigenvalue weighted by Gasteiger charge is -2.30. The maximum atomic E-state index is 5.09. The summed E-state index contributed by atoms with van der Waals surface area (Å²) in [7, 11) is 0. The highest BCUT2D eigenvalue weighted by Gasteiger charge is 2.51. The second-order valence-corrected chi connectivity index (χ2v) is 14.5. The second kappa shape index (κ2) is 10.6. The van der Waals surface area contributed by atoms with Crippen molar-refractivity contribution in [3.63, 3.8) is 0 Å². The monoisotopic (exact) mass is 670 g/mol. The third-order valence-corrected chi connectivity index (χ3v) is 11.9. The number of benzene rings is 8. The zero-order valence-corrected chi connectivity index (χ0v) is 28.7. The minimum absolute atomic E-state index is 0.387. The number of rotatable bonds is 2. The number of fused-ring (bicyclic) bond motifs is 15. The highest BCUT2D eigenvalue weighted by Crippen LogP contribution is 2.63. The molecule has 2 heterocycles. The van der Waals surface area contributed by atoms with Crippen LogP contribution in [-0.4, -0.2) is 9.97 Å². The fraction of sp³-hybridized carbons (Fsp3) is 0.0196. The predicted octanol–water partition coefficient (Wildman–Crippen LogP) is 12.8. The van der Waals surface area contributed by atoms with Gasteiger partial charge in [-0.2, -0.15) is 0 Å². The molecule has 244 valence electrons. The first-order chi connectivity index (χ1) is 26.2. The van der Waals surface area contributed by atoms with E-state index in [1.807, 2.05) is 12.3 Å². The zero-order valence-electron chi connectivity index (χ0n) is 28.7. The number of hydrogen-bond donors (Lipinski definition) is 0. The minimum Gasteiger partial charge on any atom is -0.254 e. The molecule has 2 heteroatoms. The van der Waals surface area contributed by atoms with Crippen molar-refractivity contribution in [1.82, 2.24) is 9.97 Å². The largest absolute Gasteiger partial charge is 0.254 e. The molecule has 0 bridgehead atoms. The zero-order chi connectivity index (χ0) is 34.7.